The summed E-state index contributed by atoms with van der Waals surface area (Å²) in [6.07, 6.45) is 0. The van der Waals surface area contributed by atoms with Gasteiger partial charge in [0.05, 0.1) is 0 Å². The molecule has 0 saturated heterocycles. The molecule has 0 unspecified atom stereocenters. The standard InChI is InChI=1S/2C9H8.5C7H8.3C4H6.8C2H6.CH4/c2*1-2-6-9-7-4-3-5-8-9;5*1-7-5-3-2-4-6-7;3*1-3-4-2;8*1-2;/h2*3-5,7-8H,1H3;5*2-6H,1H3;3*1-2H3;8*1-2H3;1H4. The van der Waals surface area contributed by atoms with Crippen LogP contribution in [-0.4, -0.2) is 0 Å². The second-order valence-electron chi connectivity index (χ2n) is 13.3. The zero-order chi connectivity index (χ0) is 64.9. The van der Waals surface area contributed by atoms with Crippen LogP contribution in [0.1, 0.15) is 213 Å². The highest BCUT2D eigenvalue weighted by atomic mass is 13.8. The molecule has 0 bridgehead atoms. The van der Waals surface area contributed by atoms with Crippen molar-refractivity contribution in [1.29, 1.82) is 0 Å². The molecule has 454 valence electrons. The summed E-state index contributed by atoms with van der Waals surface area (Å²) in [5.41, 5.74) is 8.78. The van der Waals surface area contributed by atoms with Gasteiger partial charge in [0, 0.05) is 11.1 Å². The third kappa shape index (κ3) is 112. The van der Waals surface area contributed by atoms with Gasteiger partial charge in [-0.15, -0.1) is 47.4 Å². The summed E-state index contributed by atoms with van der Waals surface area (Å²) >= 11 is 0. The fourth-order valence-electron chi connectivity index (χ4n) is 4.00. The molecule has 7 aromatic rings. The van der Waals surface area contributed by atoms with Crippen molar-refractivity contribution in [3.8, 4) is 59.2 Å². The molecule has 0 N–H and O–H groups in total. The van der Waals surface area contributed by atoms with Crippen LogP contribution in [0, 0.1) is 93.8 Å². The minimum atomic E-state index is 0. The van der Waals surface area contributed by atoms with Crippen molar-refractivity contribution in [1.82, 2.24) is 0 Å². The van der Waals surface area contributed by atoms with Crippen molar-refractivity contribution in [2.24, 2.45) is 0 Å². The third-order valence-electron chi connectivity index (χ3n) is 7.54. The zero-order valence-electron chi connectivity index (χ0n) is 57.7. The molecule has 0 radical (unpaired) electrons. The van der Waals surface area contributed by atoms with Gasteiger partial charge in [0.15, 0.2) is 0 Å². The van der Waals surface area contributed by atoms with E-state index in [0.29, 0.717) is 0 Å². The van der Waals surface area contributed by atoms with E-state index in [9.17, 15) is 0 Å². The summed E-state index contributed by atoms with van der Waals surface area (Å²) in [6, 6.07) is 71.2. The molecule has 7 aromatic carbocycles. The predicted octanol–water partition coefficient (Wildman–Crippen LogP) is 26.0. The molecule has 0 saturated carbocycles. The van der Waals surface area contributed by atoms with Crippen molar-refractivity contribution in [3.05, 3.63) is 251 Å². The molecule has 0 aromatic heterocycles. The number of benzene rings is 7. The molecular formula is C82H126. The fraction of sp³-hybridized carbons (Fsp3) is 0.366. The maximum atomic E-state index is 2.96. The molecule has 0 atom stereocenters. The van der Waals surface area contributed by atoms with Gasteiger partial charge in [-0.3, -0.25) is 0 Å². The van der Waals surface area contributed by atoms with Crippen LogP contribution in [0.3, 0.4) is 0 Å². The van der Waals surface area contributed by atoms with Gasteiger partial charge in [0.25, 0.3) is 0 Å². The number of hydrogen-bond donors (Lipinski definition) is 0. The number of rotatable bonds is 0. The Morgan fingerprint density at radius 2 is 0.280 bits per heavy atom. The first-order chi connectivity index (χ1) is 39.6. The maximum absolute atomic E-state index is 2.96. The lowest BCUT2D eigenvalue weighted by Gasteiger charge is -1.83. The average molecular weight is 1110 g/mol. The Bertz CT molecular complexity index is 2020. The van der Waals surface area contributed by atoms with E-state index < -0.39 is 0 Å². The SMILES string of the molecule is C.CC.CC.CC.CC.CC.CC.CC.CC.CC#CC.CC#CC.CC#CC.CC#Cc1ccccc1.CC#Cc1ccccc1.Cc1ccccc1.Cc1ccccc1.Cc1ccccc1.Cc1ccccc1.Cc1ccccc1. The molecule has 82 heavy (non-hydrogen) atoms. The Balaban J connectivity index is -0.0000000650. The van der Waals surface area contributed by atoms with Gasteiger partial charge in [-0.25, -0.2) is 0 Å². The molecule has 0 nitrogen and oxygen atoms in total. The van der Waals surface area contributed by atoms with E-state index in [1.54, 1.807) is 0 Å². The summed E-state index contributed by atoms with van der Waals surface area (Å²) in [5.74, 6) is 27.7. The number of aryl methyl sites for hydroxylation is 5. The van der Waals surface area contributed by atoms with Gasteiger partial charge < -0.3 is 0 Å². The molecule has 0 fully saturated rings. The van der Waals surface area contributed by atoms with E-state index in [4.69, 9.17) is 0 Å². The van der Waals surface area contributed by atoms with Crippen LogP contribution in [0.2, 0.25) is 0 Å². The predicted molar refractivity (Wildman–Crippen MR) is 389 cm³/mol. The summed E-state index contributed by atoms with van der Waals surface area (Å²) in [4.78, 5) is 0. The average Bonchev–Trinajstić information content (AvgIpc) is 3.56. The van der Waals surface area contributed by atoms with Crippen molar-refractivity contribution < 1.29 is 0 Å². The molecule has 0 heteroatoms. The first-order valence-corrected chi connectivity index (χ1v) is 29.6. The highest BCUT2D eigenvalue weighted by molar-refractivity contribution is 5.33. The second-order valence-corrected chi connectivity index (χ2v) is 13.3. The van der Waals surface area contributed by atoms with Crippen molar-refractivity contribution in [2.75, 3.05) is 0 Å². The van der Waals surface area contributed by atoms with Crippen LogP contribution in [0.25, 0.3) is 0 Å². The first kappa shape index (κ1) is 103. The Kier molecular flexibility index (Phi) is 141. The molecule has 0 amide bonds. The summed E-state index contributed by atoms with van der Waals surface area (Å²) in [5, 5.41) is 0. The van der Waals surface area contributed by atoms with E-state index in [2.05, 4.69) is 154 Å². The van der Waals surface area contributed by atoms with Crippen LogP contribution in [0.4, 0.5) is 0 Å². The minimum Gasteiger partial charge on any atom is -0.107 e. The highest BCUT2D eigenvalue weighted by Crippen LogP contribution is 1.97. The van der Waals surface area contributed by atoms with E-state index in [-0.39, 0.29) is 7.43 Å². The lowest BCUT2D eigenvalue weighted by atomic mass is 10.2. The van der Waals surface area contributed by atoms with Crippen LogP contribution in [0.15, 0.2) is 212 Å². The topological polar surface area (TPSA) is 0 Å². The smallest absolute Gasteiger partial charge is 0.0245 e. The minimum absolute atomic E-state index is 0. The molecule has 0 aliphatic rings. The van der Waals surface area contributed by atoms with Gasteiger partial charge in [0.1, 0.15) is 0 Å². The summed E-state index contributed by atoms with van der Waals surface area (Å²) < 4.78 is 0. The molecule has 0 heterocycles. The zero-order valence-corrected chi connectivity index (χ0v) is 57.7. The largest absolute Gasteiger partial charge is 0.107 e. The quantitative estimate of drug-likeness (QED) is 0.133. The fourth-order valence-corrected chi connectivity index (χ4v) is 4.00. The monoisotopic (exact) mass is 1110 g/mol. The van der Waals surface area contributed by atoms with Gasteiger partial charge >= 0.3 is 0 Å². The first-order valence-electron chi connectivity index (χ1n) is 29.6. The lowest BCUT2D eigenvalue weighted by Crippen LogP contribution is -1.67. The van der Waals surface area contributed by atoms with Gasteiger partial charge in [-0.2, -0.15) is 0 Å². The molecule has 0 spiro atoms. The molecule has 0 aliphatic heterocycles. The molecular weight excluding hydrogens is 985 g/mol. The molecule has 0 aliphatic carbocycles. The molecule has 7 rings (SSSR count). The number of hydrogen-bond acceptors (Lipinski definition) is 0. The Morgan fingerprint density at radius 3 is 0.354 bits per heavy atom. The Hall–Kier alpha value is -7.66. The highest BCUT2D eigenvalue weighted by Gasteiger charge is 1.79. The van der Waals surface area contributed by atoms with Crippen LogP contribution >= 0.6 is 0 Å². The second kappa shape index (κ2) is 113. The summed E-state index contributed by atoms with van der Waals surface area (Å²) in [6.45, 7) is 57.0. The third-order valence-corrected chi connectivity index (χ3v) is 7.54. The normalized spacial score (nSPS) is 6.50. The maximum Gasteiger partial charge on any atom is 0.0245 e. The summed E-state index contributed by atoms with van der Waals surface area (Å²) in [7, 11) is 0. The van der Waals surface area contributed by atoms with Crippen LogP contribution in [-0.2, 0) is 0 Å². The van der Waals surface area contributed by atoms with Crippen molar-refractivity contribution >= 4 is 0 Å². The van der Waals surface area contributed by atoms with Crippen molar-refractivity contribution in [2.45, 2.75) is 208 Å². The van der Waals surface area contributed by atoms with Crippen LogP contribution < -0.4 is 0 Å². The van der Waals surface area contributed by atoms with E-state index in [1.807, 2.05) is 318 Å². The van der Waals surface area contributed by atoms with Crippen LogP contribution in [0.5, 0.6) is 0 Å². The van der Waals surface area contributed by atoms with Gasteiger partial charge in [-0.1, -0.05) is 346 Å². The lowest BCUT2D eigenvalue weighted by molar-refractivity contribution is 1.48. The Morgan fingerprint density at radius 1 is 0.171 bits per heavy atom. The van der Waals surface area contributed by atoms with E-state index in [0.717, 1.165) is 11.1 Å². The van der Waals surface area contributed by atoms with Gasteiger partial charge in [0.2, 0.25) is 0 Å². The van der Waals surface area contributed by atoms with Gasteiger partial charge in [-0.05, 0) is 114 Å². The Labute approximate surface area is 515 Å². The van der Waals surface area contributed by atoms with E-state index >= 15 is 0 Å². The van der Waals surface area contributed by atoms with Crippen molar-refractivity contribution in [3.63, 3.8) is 0 Å². The van der Waals surface area contributed by atoms with E-state index in [1.165, 1.54) is 27.8 Å².